The number of benzene rings is 1. The average Bonchev–Trinajstić information content (AvgIpc) is 2.54. The Kier molecular flexibility index (Phi) is 7.00. The molecule has 0 unspecified atom stereocenters. The molecule has 0 saturated carbocycles. The summed E-state index contributed by atoms with van der Waals surface area (Å²) in [6.07, 6.45) is 3.42. The second-order valence-corrected chi connectivity index (χ2v) is 5.83. The van der Waals surface area contributed by atoms with Crippen molar-refractivity contribution in [3.63, 3.8) is 0 Å². The third-order valence-corrected chi connectivity index (χ3v) is 4.14. The summed E-state index contributed by atoms with van der Waals surface area (Å²) in [5.41, 5.74) is 0. The zero-order chi connectivity index (χ0) is 15.8. The van der Waals surface area contributed by atoms with E-state index in [0.717, 1.165) is 32.5 Å². The maximum atomic E-state index is 12.1. The molecule has 1 amide bonds. The number of para-hydroxylation sites is 1. The smallest absolute Gasteiger partial charge is 0.222 e. The molecule has 1 aromatic carbocycles. The first-order valence-corrected chi connectivity index (χ1v) is 8.35. The number of halogens is 1. The monoisotopic (exact) mass is 325 g/mol. The molecular weight excluding hydrogens is 302 g/mol. The van der Waals surface area contributed by atoms with Gasteiger partial charge in [-0.1, -0.05) is 23.7 Å². The van der Waals surface area contributed by atoms with Crippen LogP contribution >= 0.6 is 11.6 Å². The minimum atomic E-state index is 0.206. The Hall–Kier alpha value is -1.26. The number of likely N-dealkylation sites (tertiary alicyclic amines) is 1. The molecule has 2 rings (SSSR count). The van der Waals surface area contributed by atoms with Crippen LogP contribution in [0.5, 0.6) is 5.75 Å². The minimum absolute atomic E-state index is 0.206. The molecule has 0 atom stereocenters. The highest BCUT2D eigenvalue weighted by Crippen LogP contribution is 2.23. The lowest BCUT2D eigenvalue weighted by Crippen LogP contribution is -2.40. The first-order valence-electron chi connectivity index (χ1n) is 7.97. The molecule has 4 nitrogen and oxygen atoms in total. The largest absolute Gasteiger partial charge is 0.492 e. The van der Waals surface area contributed by atoms with Gasteiger partial charge in [0.2, 0.25) is 5.91 Å². The number of hydrogen-bond donors (Lipinski definition) is 0. The normalized spacial score (nSPS) is 15.8. The molecule has 1 heterocycles. The van der Waals surface area contributed by atoms with Crippen molar-refractivity contribution in [2.45, 2.75) is 38.7 Å². The van der Waals surface area contributed by atoms with Gasteiger partial charge in [-0.2, -0.15) is 0 Å². The Morgan fingerprint density at radius 3 is 2.73 bits per heavy atom. The van der Waals surface area contributed by atoms with E-state index in [-0.39, 0.29) is 5.91 Å². The molecular formula is C17H24ClNO3. The Morgan fingerprint density at radius 2 is 2.05 bits per heavy atom. The summed E-state index contributed by atoms with van der Waals surface area (Å²) in [4.78, 5) is 14.1. The quantitative estimate of drug-likeness (QED) is 0.720. The number of nitrogens with zero attached hydrogens (tertiary/aromatic N) is 1. The van der Waals surface area contributed by atoms with Gasteiger partial charge in [-0.25, -0.2) is 0 Å². The van der Waals surface area contributed by atoms with Crippen molar-refractivity contribution in [3.8, 4) is 5.75 Å². The van der Waals surface area contributed by atoms with Crippen LogP contribution in [0.25, 0.3) is 0 Å². The molecule has 0 spiro atoms. The molecule has 1 fully saturated rings. The van der Waals surface area contributed by atoms with Gasteiger partial charge >= 0.3 is 0 Å². The number of ether oxygens (including phenoxy) is 2. The van der Waals surface area contributed by atoms with Gasteiger partial charge in [0.25, 0.3) is 0 Å². The van der Waals surface area contributed by atoms with Crippen molar-refractivity contribution in [2.75, 3.05) is 26.3 Å². The first kappa shape index (κ1) is 17.1. The second-order valence-electron chi connectivity index (χ2n) is 5.42. The maximum Gasteiger partial charge on any atom is 0.222 e. The molecule has 1 aliphatic heterocycles. The number of carbonyl (C=O) groups excluding carboxylic acids is 1. The van der Waals surface area contributed by atoms with Gasteiger partial charge < -0.3 is 14.4 Å². The van der Waals surface area contributed by atoms with Gasteiger partial charge in [0.15, 0.2) is 0 Å². The summed E-state index contributed by atoms with van der Waals surface area (Å²) in [7, 11) is 0. The lowest BCUT2D eigenvalue weighted by Gasteiger charge is -2.31. The van der Waals surface area contributed by atoms with Crippen LogP contribution in [-0.4, -0.2) is 43.2 Å². The van der Waals surface area contributed by atoms with Crippen molar-refractivity contribution >= 4 is 17.5 Å². The van der Waals surface area contributed by atoms with E-state index in [1.54, 1.807) is 6.07 Å². The van der Waals surface area contributed by atoms with Crippen molar-refractivity contribution in [1.82, 2.24) is 4.90 Å². The van der Waals surface area contributed by atoms with E-state index in [9.17, 15) is 4.79 Å². The van der Waals surface area contributed by atoms with E-state index in [2.05, 4.69) is 0 Å². The van der Waals surface area contributed by atoms with Crippen LogP contribution in [0.15, 0.2) is 24.3 Å². The summed E-state index contributed by atoms with van der Waals surface area (Å²) in [6.45, 7) is 4.86. The van der Waals surface area contributed by atoms with Crippen LogP contribution in [0.3, 0.4) is 0 Å². The van der Waals surface area contributed by atoms with Gasteiger partial charge in [-0.3, -0.25) is 4.79 Å². The fourth-order valence-electron chi connectivity index (χ4n) is 2.63. The van der Waals surface area contributed by atoms with Crippen molar-refractivity contribution in [2.24, 2.45) is 0 Å². The van der Waals surface area contributed by atoms with Crippen LogP contribution < -0.4 is 4.74 Å². The number of amides is 1. The Morgan fingerprint density at radius 1 is 1.32 bits per heavy atom. The van der Waals surface area contributed by atoms with Gasteiger partial charge in [0.05, 0.1) is 17.7 Å². The summed E-state index contributed by atoms with van der Waals surface area (Å²) < 4.78 is 11.2. The van der Waals surface area contributed by atoms with Crippen molar-refractivity contribution < 1.29 is 14.3 Å². The third kappa shape index (κ3) is 5.18. The van der Waals surface area contributed by atoms with Crippen LogP contribution in [-0.2, 0) is 9.53 Å². The highest BCUT2D eigenvalue weighted by atomic mass is 35.5. The van der Waals surface area contributed by atoms with Crippen LogP contribution in [0.2, 0.25) is 5.02 Å². The number of hydrogen-bond acceptors (Lipinski definition) is 3. The Bertz CT molecular complexity index is 473. The molecule has 22 heavy (non-hydrogen) atoms. The highest BCUT2D eigenvalue weighted by molar-refractivity contribution is 6.32. The highest BCUT2D eigenvalue weighted by Gasteiger charge is 2.22. The SMILES string of the molecule is CCOC1CCN(C(=O)CCCOc2ccccc2Cl)CC1. The average molecular weight is 326 g/mol. The Balaban J connectivity index is 1.63. The second kappa shape index (κ2) is 9.01. The standard InChI is InChI=1S/C17H24ClNO3/c1-2-21-14-9-11-19(12-10-14)17(20)8-5-13-22-16-7-4-3-6-15(16)18/h3-4,6-7,14H,2,5,8-13H2,1H3. The summed E-state index contributed by atoms with van der Waals surface area (Å²) in [5.74, 6) is 0.881. The van der Waals surface area contributed by atoms with E-state index in [1.165, 1.54) is 0 Å². The molecule has 1 aromatic rings. The fourth-order valence-corrected chi connectivity index (χ4v) is 2.82. The maximum absolute atomic E-state index is 12.1. The molecule has 0 bridgehead atoms. The summed E-state index contributed by atoms with van der Waals surface area (Å²) in [6, 6.07) is 7.38. The minimum Gasteiger partial charge on any atom is -0.492 e. The Labute approximate surface area is 137 Å². The van der Waals surface area contributed by atoms with Crippen molar-refractivity contribution in [1.29, 1.82) is 0 Å². The topological polar surface area (TPSA) is 38.8 Å². The van der Waals surface area contributed by atoms with E-state index < -0.39 is 0 Å². The van der Waals surface area contributed by atoms with Gasteiger partial charge in [-0.15, -0.1) is 0 Å². The molecule has 1 saturated heterocycles. The van der Waals surface area contributed by atoms with Crippen molar-refractivity contribution in [3.05, 3.63) is 29.3 Å². The zero-order valence-corrected chi connectivity index (χ0v) is 13.8. The van der Waals surface area contributed by atoms with Crippen LogP contribution in [0, 0.1) is 0 Å². The molecule has 1 aliphatic rings. The number of piperidine rings is 1. The number of carbonyl (C=O) groups is 1. The van der Waals surface area contributed by atoms with E-state index in [0.29, 0.717) is 36.3 Å². The lowest BCUT2D eigenvalue weighted by molar-refractivity contribution is -0.134. The zero-order valence-electron chi connectivity index (χ0n) is 13.1. The van der Waals surface area contributed by atoms with Gasteiger partial charge in [0, 0.05) is 26.1 Å². The first-order chi connectivity index (χ1) is 10.7. The summed E-state index contributed by atoms with van der Waals surface area (Å²) in [5, 5.41) is 0.604. The van der Waals surface area contributed by atoms with E-state index >= 15 is 0 Å². The molecule has 122 valence electrons. The predicted molar refractivity (Wildman–Crippen MR) is 87.4 cm³/mol. The summed E-state index contributed by atoms with van der Waals surface area (Å²) >= 11 is 6.01. The predicted octanol–water partition coefficient (Wildman–Crippen LogP) is 3.53. The van der Waals surface area contributed by atoms with Crippen LogP contribution in [0.1, 0.15) is 32.6 Å². The molecule has 0 aliphatic carbocycles. The van der Waals surface area contributed by atoms with Gasteiger partial charge in [-0.05, 0) is 38.3 Å². The molecule has 5 heteroatoms. The number of rotatable bonds is 7. The van der Waals surface area contributed by atoms with Gasteiger partial charge in [0.1, 0.15) is 5.75 Å². The molecule has 0 N–H and O–H groups in total. The third-order valence-electron chi connectivity index (χ3n) is 3.83. The molecule has 0 radical (unpaired) electrons. The van der Waals surface area contributed by atoms with Crippen LogP contribution in [0.4, 0.5) is 0 Å². The van der Waals surface area contributed by atoms with E-state index in [4.69, 9.17) is 21.1 Å². The molecule has 0 aromatic heterocycles. The lowest BCUT2D eigenvalue weighted by atomic mass is 10.1. The fraction of sp³-hybridized carbons (Fsp3) is 0.588. The van der Waals surface area contributed by atoms with E-state index in [1.807, 2.05) is 30.0 Å².